The molecular weight excluding hydrogens is 298 g/mol. The molecule has 0 radical (unpaired) electrons. The minimum absolute atomic E-state index is 0.143. The normalized spacial score (nSPS) is 19.3. The van der Waals surface area contributed by atoms with Gasteiger partial charge >= 0.3 is 0 Å². The first-order valence-electron chi connectivity index (χ1n) is 7.38. The van der Waals surface area contributed by atoms with Crippen molar-refractivity contribution in [1.82, 2.24) is 5.32 Å². The van der Waals surface area contributed by atoms with E-state index < -0.39 is 5.25 Å². The molecule has 6 heteroatoms. The van der Waals surface area contributed by atoms with E-state index in [4.69, 9.17) is 0 Å². The number of rotatable bonds is 5. The number of nitrogens with zero attached hydrogens (tertiary/aromatic N) is 1. The molecule has 0 spiro atoms. The van der Waals surface area contributed by atoms with Gasteiger partial charge in [-0.15, -0.1) is 0 Å². The number of hydrogen-bond donors (Lipinski definition) is 2. The molecule has 2 amide bonds. The van der Waals surface area contributed by atoms with Crippen LogP contribution in [0.25, 0.3) is 0 Å². The SMILES string of the molecule is CCCN=C1NC(=O)[C@H](CC(=O)Nc2cc(C)ccc2C)S1. The van der Waals surface area contributed by atoms with E-state index in [0.29, 0.717) is 11.7 Å². The van der Waals surface area contributed by atoms with Gasteiger partial charge < -0.3 is 10.6 Å². The molecule has 1 aromatic rings. The second-order valence-corrected chi connectivity index (χ2v) is 6.54. The zero-order valence-corrected chi connectivity index (χ0v) is 13.9. The van der Waals surface area contributed by atoms with Gasteiger partial charge in [0.05, 0.1) is 0 Å². The average Bonchev–Trinajstić information content (AvgIpc) is 2.81. The maximum absolute atomic E-state index is 12.2. The van der Waals surface area contributed by atoms with Crippen LogP contribution in [-0.2, 0) is 9.59 Å². The van der Waals surface area contributed by atoms with Gasteiger partial charge in [0.15, 0.2) is 5.17 Å². The quantitative estimate of drug-likeness (QED) is 0.876. The molecule has 0 bridgehead atoms. The van der Waals surface area contributed by atoms with E-state index in [-0.39, 0.29) is 18.2 Å². The van der Waals surface area contributed by atoms with Crippen molar-refractivity contribution in [3.63, 3.8) is 0 Å². The Morgan fingerprint density at radius 3 is 2.91 bits per heavy atom. The summed E-state index contributed by atoms with van der Waals surface area (Å²) in [6, 6.07) is 5.91. The van der Waals surface area contributed by atoms with Gasteiger partial charge in [0.2, 0.25) is 11.8 Å². The Kier molecular flexibility index (Phi) is 5.60. The van der Waals surface area contributed by atoms with Crippen molar-refractivity contribution in [3.05, 3.63) is 29.3 Å². The fraction of sp³-hybridized carbons (Fsp3) is 0.438. The molecule has 2 rings (SSSR count). The molecule has 0 saturated carbocycles. The summed E-state index contributed by atoms with van der Waals surface area (Å²) in [5.41, 5.74) is 2.89. The standard InChI is InChI=1S/C16H21N3O2S/c1-4-7-17-16-19-15(21)13(22-16)9-14(20)18-12-8-10(2)5-6-11(12)3/h5-6,8,13H,4,7,9H2,1-3H3,(H,18,20)(H,17,19,21)/t13-/m0/s1. The molecule has 1 aromatic carbocycles. The second kappa shape index (κ2) is 7.45. The van der Waals surface area contributed by atoms with Gasteiger partial charge in [-0.1, -0.05) is 30.8 Å². The summed E-state index contributed by atoms with van der Waals surface area (Å²) in [5.74, 6) is -0.297. The van der Waals surface area contributed by atoms with Crippen LogP contribution in [0, 0.1) is 13.8 Å². The molecule has 2 N–H and O–H groups in total. The smallest absolute Gasteiger partial charge is 0.240 e. The maximum atomic E-state index is 12.2. The van der Waals surface area contributed by atoms with Crippen LogP contribution in [0.5, 0.6) is 0 Å². The zero-order chi connectivity index (χ0) is 16.1. The Morgan fingerprint density at radius 1 is 1.41 bits per heavy atom. The van der Waals surface area contributed by atoms with Gasteiger partial charge in [-0.25, -0.2) is 0 Å². The molecular formula is C16H21N3O2S. The van der Waals surface area contributed by atoms with E-state index in [1.165, 1.54) is 11.8 Å². The van der Waals surface area contributed by atoms with E-state index in [2.05, 4.69) is 15.6 Å². The van der Waals surface area contributed by atoms with Crippen LogP contribution in [0.3, 0.4) is 0 Å². The topological polar surface area (TPSA) is 70.6 Å². The first-order valence-corrected chi connectivity index (χ1v) is 8.26. The first-order chi connectivity index (χ1) is 10.5. The van der Waals surface area contributed by atoms with Gasteiger partial charge in [0.1, 0.15) is 5.25 Å². The van der Waals surface area contributed by atoms with Crippen molar-refractivity contribution >= 4 is 34.4 Å². The molecule has 1 saturated heterocycles. The van der Waals surface area contributed by atoms with Crippen LogP contribution in [0.2, 0.25) is 0 Å². The third-order valence-corrected chi connectivity index (χ3v) is 4.41. The van der Waals surface area contributed by atoms with E-state index >= 15 is 0 Å². The predicted molar refractivity (Wildman–Crippen MR) is 91.3 cm³/mol. The van der Waals surface area contributed by atoms with Gasteiger partial charge in [0.25, 0.3) is 0 Å². The maximum Gasteiger partial charge on any atom is 0.240 e. The molecule has 0 unspecified atom stereocenters. The van der Waals surface area contributed by atoms with Crippen LogP contribution in [0.15, 0.2) is 23.2 Å². The van der Waals surface area contributed by atoms with Crippen molar-refractivity contribution in [3.8, 4) is 0 Å². The predicted octanol–water partition coefficient (Wildman–Crippen LogP) is 2.63. The van der Waals surface area contributed by atoms with Crippen LogP contribution < -0.4 is 10.6 Å². The lowest BCUT2D eigenvalue weighted by molar-refractivity contribution is -0.122. The van der Waals surface area contributed by atoms with Gasteiger partial charge in [0, 0.05) is 18.7 Å². The molecule has 1 fully saturated rings. The number of amidine groups is 1. The van der Waals surface area contributed by atoms with Crippen LogP contribution >= 0.6 is 11.8 Å². The van der Waals surface area contributed by atoms with E-state index in [1.54, 1.807) is 0 Å². The summed E-state index contributed by atoms with van der Waals surface area (Å²) < 4.78 is 0. The number of anilines is 1. The molecule has 118 valence electrons. The van der Waals surface area contributed by atoms with Crippen LogP contribution in [0.1, 0.15) is 30.9 Å². The lowest BCUT2D eigenvalue weighted by Crippen LogP contribution is -2.28. The fourth-order valence-corrected chi connectivity index (χ4v) is 3.06. The van der Waals surface area contributed by atoms with Gasteiger partial charge in [-0.3, -0.25) is 14.6 Å². The highest BCUT2D eigenvalue weighted by molar-refractivity contribution is 8.15. The van der Waals surface area contributed by atoms with Crippen molar-refractivity contribution in [2.24, 2.45) is 4.99 Å². The monoisotopic (exact) mass is 319 g/mol. The van der Waals surface area contributed by atoms with Crippen molar-refractivity contribution in [1.29, 1.82) is 0 Å². The minimum atomic E-state index is -0.402. The number of thioether (sulfide) groups is 1. The highest BCUT2D eigenvalue weighted by atomic mass is 32.2. The Hall–Kier alpha value is -1.82. The first kappa shape index (κ1) is 16.5. The Balaban J connectivity index is 1.95. The average molecular weight is 319 g/mol. The molecule has 0 aliphatic carbocycles. The summed E-state index contributed by atoms with van der Waals surface area (Å²) in [6.07, 6.45) is 1.08. The zero-order valence-electron chi connectivity index (χ0n) is 13.1. The lowest BCUT2D eigenvalue weighted by Gasteiger charge is -2.10. The molecule has 1 heterocycles. The number of nitrogens with one attached hydrogen (secondary N) is 2. The molecule has 1 aliphatic rings. The summed E-state index contributed by atoms with van der Waals surface area (Å²) in [7, 11) is 0. The third-order valence-electron chi connectivity index (χ3n) is 3.29. The lowest BCUT2D eigenvalue weighted by atomic mass is 10.1. The summed E-state index contributed by atoms with van der Waals surface area (Å²) in [5, 5.41) is 5.83. The number of carbonyl (C=O) groups is 2. The van der Waals surface area contributed by atoms with Crippen LogP contribution in [0.4, 0.5) is 5.69 Å². The molecule has 22 heavy (non-hydrogen) atoms. The van der Waals surface area contributed by atoms with Gasteiger partial charge in [-0.2, -0.15) is 0 Å². The van der Waals surface area contributed by atoms with Crippen molar-refractivity contribution < 1.29 is 9.59 Å². The number of carbonyl (C=O) groups excluding carboxylic acids is 2. The largest absolute Gasteiger partial charge is 0.326 e. The van der Waals surface area contributed by atoms with Gasteiger partial charge in [-0.05, 0) is 37.5 Å². The third kappa shape index (κ3) is 4.34. The van der Waals surface area contributed by atoms with E-state index in [0.717, 1.165) is 23.2 Å². The molecule has 5 nitrogen and oxygen atoms in total. The van der Waals surface area contributed by atoms with Crippen LogP contribution in [-0.4, -0.2) is 28.8 Å². The Morgan fingerprint density at radius 2 is 2.18 bits per heavy atom. The Labute approximate surface area is 135 Å². The summed E-state index contributed by atoms with van der Waals surface area (Å²) in [6.45, 7) is 6.64. The number of aryl methyl sites for hydroxylation is 2. The molecule has 1 atom stereocenters. The number of hydrogen-bond acceptors (Lipinski definition) is 4. The minimum Gasteiger partial charge on any atom is -0.326 e. The van der Waals surface area contributed by atoms with Crippen molar-refractivity contribution in [2.75, 3.05) is 11.9 Å². The number of aliphatic imine (C=N–C) groups is 1. The highest BCUT2D eigenvalue weighted by Crippen LogP contribution is 2.24. The van der Waals surface area contributed by atoms with E-state index in [9.17, 15) is 9.59 Å². The number of amides is 2. The Bertz CT molecular complexity index is 613. The summed E-state index contributed by atoms with van der Waals surface area (Å²) in [4.78, 5) is 28.3. The number of benzene rings is 1. The summed E-state index contributed by atoms with van der Waals surface area (Å²) >= 11 is 1.33. The molecule has 1 aliphatic heterocycles. The van der Waals surface area contributed by atoms with Crippen molar-refractivity contribution in [2.45, 2.75) is 38.9 Å². The highest BCUT2D eigenvalue weighted by Gasteiger charge is 2.31. The van der Waals surface area contributed by atoms with E-state index in [1.807, 2.05) is 39.0 Å². The second-order valence-electron chi connectivity index (χ2n) is 5.35. The molecule has 0 aromatic heterocycles. The fourth-order valence-electron chi connectivity index (χ4n) is 2.07.